The summed E-state index contributed by atoms with van der Waals surface area (Å²) in [5.74, 6) is 0.188. The first-order valence-corrected chi connectivity index (χ1v) is 5.25. The van der Waals surface area contributed by atoms with Crippen molar-refractivity contribution in [2.75, 3.05) is 19.8 Å². The first-order valence-electron chi connectivity index (χ1n) is 5.25. The van der Waals surface area contributed by atoms with Crippen molar-refractivity contribution < 1.29 is 9.84 Å². The van der Waals surface area contributed by atoms with E-state index in [1.165, 1.54) is 6.20 Å². The van der Waals surface area contributed by atoms with Gasteiger partial charge in [-0.15, -0.1) is 0 Å². The van der Waals surface area contributed by atoms with Gasteiger partial charge in [-0.05, 0) is 19.1 Å². The van der Waals surface area contributed by atoms with Crippen LogP contribution >= 0.6 is 0 Å². The first-order chi connectivity index (χ1) is 7.68. The molecule has 0 aromatic carbocycles. The number of nitrogens with one attached hydrogen (secondary N) is 1. The summed E-state index contributed by atoms with van der Waals surface area (Å²) in [6.45, 7) is 8.41. The molecule has 0 amide bonds. The zero-order valence-electron chi connectivity index (χ0n) is 9.57. The highest BCUT2D eigenvalue weighted by Gasteiger charge is 1.94. The Labute approximate surface area is 96.0 Å². The zero-order chi connectivity index (χ0) is 11.8. The minimum Gasteiger partial charge on any atom is -0.506 e. The molecule has 1 rings (SSSR count). The van der Waals surface area contributed by atoms with Crippen molar-refractivity contribution in [2.45, 2.75) is 13.5 Å². The number of hydrogen-bond acceptors (Lipinski definition) is 4. The summed E-state index contributed by atoms with van der Waals surface area (Å²) in [7, 11) is 0. The molecule has 0 bridgehead atoms. The van der Waals surface area contributed by atoms with Gasteiger partial charge in [-0.3, -0.25) is 4.98 Å². The van der Waals surface area contributed by atoms with Crippen molar-refractivity contribution in [3.63, 3.8) is 0 Å². The molecule has 0 atom stereocenters. The van der Waals surface area contributed by atoms with Crippen molar-refractivity contribution in [3.8, 4) is 5.75 Å². The molecule has 0 spiro atoms. The Bertz CT molecular complexity index is 322. The smallest absolute Gasteiger partial charge is 0.133 e. The Morgan fingerprint density at radius 3 is 3.00 bits per heavy atom. The molecule has 0 aliphatic heterocycles. The van der Waals surface area contributed by atoms with E-state index in [2.05, 4.69) is 16.9 Å². The Balaban J connectivity index is 2.07. The minimum atomic E-state index is 0.188. The van der Waals surface area contributed by atoms with Crippen LogP contribution in [0.1, 0.15) is 12.6 Å². The van der Waals surface area contributed by atoms with Crippen LogP contribution in [0.25, 0.3) is 0 Å². The van der Waals surface area contributed by atoms with Crippen LogP contribution in [0.2, 0.25) is 0 Å². The number of aromatic nitrogens is 1. The summed E-state index contributed by atoms with van der Waals surface area (Å²) in [4.78, 5) is 4.06. The summed E-state index contributed by atoms with van der Waals surface area (Å²) in [6, 6.07) is 3.42. The summed E-state index contributed by atoms with van der Waals surface area (Å²) in [5.41, 5.74) is 1.93. The van der Waals surface area contributed by atoms with Gasteiger partial charge in [-0.2, -0.15) is 0 Å². The SMILES string of the molecule is C=C(C)COCCNCc1ccc(O)cn1. The van der Waals surface area contributed by atoms with Crippen LogP contribution in [-0.2, 0) is 11.3 Å². The van der Waals surface area contributed by atoms with E-state index in [1.807, 2.05) is 6.92 Å². The largest absolute Gasteiger partial charge is 0.506 e. The predicted octanol–water partition coefficient (Wildman–Crippen LogP) is 1.47. The van der Waals surface area contributed by atoms with Crippen LogP contribution in [0.3, 0.4) is 0 Å². The van der Waals surface area contributed by atoms with Gasteiger partial charge in [0, 0.05) is 13.1 Å². The number of pyridine rings is 1. The molecule has 4 nitrogen and oxygen atoms in total. The Morgan fingerprint density at radius 1 is 1.56 bits per heavy atom. The van der Waals surface area contributed by atoms with Crippen molar-refractivity contribution in [1.82, 2.24) is 10.3 Å². The minimum absolute atomic E-state index is 0.188. The zero-order valence-corrected chi connectivity index (χ0v) is 9.57. The molecule has 16 heavy (non-hydrogen) atoms. The van der Waals surface area contributed by atoms with E-state index >= 15 is 0 Å². The molecule has 0 saturated heterocycles. The number of aromatic hydroxyl groups is 1. The van der Waals surface area contributed by atoms with E-state index in [1.54, 1.807) is 12.1 Å². The van der Waals surface area contributed by atoms with E-state index in [0.717, 1.165) is 17.8 Å². The topological polar surface area (TPSA) is 54.4 Å². The number of rotatable bonds is 7. The maximum atomic E-state index is 9.04. The second-order valence-electron chi connectivity index (χ2n) is 3.69. The molecule has 0 radical (unpaired) electrons. The van der Waals surface area contributed by atoms with Crippen molar-refractivity contribution in [1.29, 1.82) is 0 Å². The molecular weight excluding hydrogens is 204 g/mol. The van der Waals surface area contributed by atoms with Gasteiger partial charge in [0.2, 0.25) is 0 Å². The maximum Gasteiger partial charge on any atom is 0.133 e. The molecule has 1 heterocycles. The normalized spacial score (nSPS) is 10.3. The van der Waals surface area contributed by atoms with E-state index < -0.39 is 0 Å². The van der Waals surface area contributed by atoms with Gasteiger partial charge in [0.15, 0.2) is 0 Å². The Morgan fingerprint density at radius 2 is 2.38 bits per heavy atom. The fourth-order valence-corrected chi connectivity index (χ4v) is 1.13. The monoisotopic (exact) mass is 222 g/mol. The molecule has 0 aliphatic carbocycles. The number of hydrogen-bond donors (Lipinski definition) is 2. The van der Waals surface area contributed by atoms with E-state index in [4.69, 9.17) is 9.84 Å². The van der Waals surface area contributed by atoms with Crippen LogP contribution < -0.4 is 5.32 Å². The van der Waals surface area contributed by atoms with Gasteiger partial charge in [-0.1, -0.05) is 12.2 Å². The molecule has 1 aromatic heterocycles. The Kier molecular flexibility index (Phi) is 5.53. The van der Waals surface area contributed by atoms with Crippen LogP contribution in [0, 0.1) is 0 Å². The molecular formula is C12H18N2O2. The van der Waals surface area contributed by atoms with Gasteiger partial charge in [0.1, 0.15) is 5.75 Å². The molecule has 1 aromatic rings. The molecule has 0 fully saturated rings. The highest BCUT2D eigenvalue weighted by molar-refractivity contribution is 5.17. The molecule has 0 saturated carbocycles. The highest BCUT2D eigenvalue weighted by atomic mass is 16.5. The quantitative estimate of drug-likeness (QED) is 0.542. The van der Waals surface area contributed by atoms with Gasteiger partial charge >= 0.3 is 0 Å². The van der Waals surface area contributed by atoms with Crippen LogP contribution in [0.4, 0.5) is 0 Å². The Hall–Kier alpha value is -1.39. The van der Waals surface area contributed by atoms with Gasteiger partial charge < -0.3 is 15.2 Å². The summed E-state index contributed by atoms with van der Waals surface area (Å²) in [5, 5.41) is 12.2. The summed E-state index contributed by atoms with van der Waals surface area (Å²) < 4.78 is 5.33. The van der Waals surface area contributed by atoms with Crippen LogP contribution in [0.15, 0.2) is 30.5 Å². The van der Waals surface area contributed by atoms with Crippen molar-refractivity contribution in [2.24, 2.45) is 0 Å². The fourth-order valence-electron chi connectivity index (χ4n) is 1.13. The highest BCUT2D eigenvalue weighted by Crippen LogP contribution is 2.05. The third-order valence-corrected chi connectivity index (χ3v) is 1.89. The average molecular weight is 222 g/mol. The second-order valence-corrected chi connectivity index (χ2v) is 3.69. The lowest BCUT2D eigenvalue weighted by molar-refractivity contribution is 0.157. The van der Waals surface area contributed by atoms with E-state index in [0.29, 0.717) is 19.8 Å². The third kappa shape index (κ3) is 5.48. The lowest BCUT2D eigenvalue weighted by Gasteiger charge is -2.05. The van der Waals surface area contributed by atoms with E-state index in [-0.39, 0.29) is 5.75 Å². The second kappa shape index (κ2) is 6.98. The van der Waals surface area contributed by atoms with Crippen molar-refractivity contribution >= 4 is 0 Å². The first kappa shape index (κ1) is 12.7. The number of nitrogens with zero attached hydrogens (tertiary/aromatic N) is 1. The molecule has 0 unspecified atom stereocenters. The number of ether oxygens (including phenoxy) is 1. The standard InChI is InChI=1S/C12H18N2O2/c1-10(2)9-16-6-5-13-7-11-3-4-12(15)8-14-11/h3-4,8,13,15H,1,5-7,9H2,2H3. The predicted molar refractivity (Wildman–Crippen MR) is 63.2 cm³/mol. The lowest BCUT2D eigenvalue weighted by Crippen LogP contribution is -2.20. The summed E-state index contributed by atoms with van der Waals surface area (Å²) >= 11 is 0. The average Bonchev–Trinajstić information content (AvgIpc) is 2.25. The molecule has 4 heteroatoms. The van der Waals surface area contributed by atoms with Gasteiger partial charge in [-0.25, -0.2) is 0 Å². The van der Waals surface area contributed by atoms with Crippen LogP contribution in [0.5, 0.6) is 5.75 Å². The fraction of sp³-hybridized carbons (Fsp3) is 0.417. The van der Waals surface area contributed by atoms with Gasteiger partial charge in [0.25, 0.3) is 0 Å². The van der Waals surface area contributed by atoms with Crippen molar-refractivity contribution in [3.05, 3.63) is 36.2 Å². The third-order valence-electron chi connectivity index (χ3n) is 1.89. The lowest BCUT2D eigenvalue weighted by atomic mass is 10.3. The molecule has 88 valence electrons. The van der Waals surface area contributed by atoms with E-state index in [9.17, 15) is 0 Å². The molecule has 0 aliphatic rings. The van der Waals surface area contributed by atoms with Crippen LogP contribution in [-0.4, -0.2) is 29.8 Å². The summed E-state index contributed by atoms with van der Waals surface area (Å²) in [6.07, 6.45) is 1.44. The molecule has 2 N–H and O–H groups in total. The maximum absolute atomic E-state index is 9.04. The van der Waals surface area contributed by atoms with Gasteiger partial charge in [0.05, 0.1) is 25.1 Å².